The highest BCUT2D eigenvalue weighted by Gasteiger charge is 2.10. The van der Waals surface area contributed by atoms with Crippen molar-refractivity contribution >= 4 is 34.2 Å². The van der Waals surface area contributed by atoms with Crippen LogP contribution in [0.5, 0.6) is 0 Å². The topological polar surface area (TPSA) is 64.0 Å². The molecular formula is C18H14IN3O2. The van der Waals surface area contributed by atoms with Crippen LogP contribution >= 0.6 is 22.6 Å². The number of carbonyl (C=O) groups is 1. The summed E-state index contributed by atoms with van der Waals surface area (Å²) in [6.07, 6.45) is 0. The fraction of sp³-hybridized carbons (Fsp3) is 0.0556. The highest BCUT2D eigenvalue weighted by molar-refractivity contribution is 14.1. The van der Waals surface area contributed by atoms with Gasteiger partial charge in [-0.2, -0.15) is 5.10 Å². The van der Waals surface area contributed by atoms with E-state index in [1.165, 1.54) is 16.8 Å². The van der Waals surface area contributed by atoms with E-state index in [0.29, 0.717) is 12.2 Å². The lowest BCUT2D eigenvalue weighted by Crippen LogP contribution is -2.26. The summed E-state index contributed by atoms with van der Waals surface area (Å²) in [4.78, 5) is 24.3. The van der Waals surface area contributed by atoms with Crippen molar-refractivity contribution in [3.05, 3.63) is 91.9 Å². The molecule has 0 saturated carbocycles. The SMILES string of the molecule is O=C(Nc1cccc(I)c1)c1ccc(=O)n(Cc2ccccc2)n1. The minimum atomic E-state index is -0.348. The molecule has 3 aromatic rings. The number of hydrogen-bond acceptors (Lipinski definition) is 3. The van der Waals surface area contributed by atoms with E-state index in [4.69, 9.17) is 0 Å². The smallest absolute Gasteiger partial charge is 0.276 e. The third kappa shape index (κ3) is 4.08. The van der Waals surface area contributed by atoms with Crippen LogP contribution in [0.3, 0.4) is 0 Å². The van der Waals surface area contributed by atoms with E-state index in [-0.39, 0.29) is 17.2 Å². The molecule has 0 aliphatic rings. The summed E-state index contributed by atoms with van der Waals surface area (Å²) < 4.78 is 2.31. The molecular weight excluding hydrogens is 417 g/mol. The van der Waals surface area contributed by atoms with Crippen molar-refractivity contribution in [2.45, 2.75) is 6.54 Å². The summed E-state index contributed by atoms with van der Waals surface area (Å²) >= 11 is 2.18. The van der Waals surface area contributed by atoms with Gasteiger partial charge in [0.1, 0.15) is 5.69 Å². The number of amides is 1. The summed E-state index contributed by atoms with van der Waals surface area (Å²) in [5, 5.41) is 6.96. The number of benzene rings is 2. The molecule has 0 bridgehead atoms. The molecule has 0 spiro atoms. The highest BCUT2D eigenvalue weighted by atomic mass is 127. The number of carbonyl (C=O) groups excluding carboxylic acids is 1. The van der Waals surface area contributed by atoms with Gasteiger partial charge in [0.05, 0.1) is 6.54 Å². The number of hydrogen-bond donors (Lipinski definition) is 1. The quantitative estimate of drug-likeness (QED) is 0.646. The lowest BCUT2D eigenvalue weighted by Gasteiger charge is -2.08. The van der Waals surface area contributed by atoms with Gasteiger partial charge < -0.3 is 5.32 Å². The lowest BCUT2D eigenvalue weighted by molar-refractivity contribution is 0.102. The first-order valence-corrected chi connectivity index (χ1v) is 8.39. The Morgan fingerprint density at radius 3 is 2.58 bits per heavy atom. The lowest BCUT2D eigenvalue weighted by atomic mass is 10.2. The fourth-order valence-corrected chi connectivity index (χ4v) is 2.74. The number of anilines is 1. The average Bonchev–Trinajstić information content (AvgIpc) is 2.58. The normalized spacial score (nSPS) is 10.4. The number of rotatable bonds is 4. The van der Waals surface area contributed by atoms with Crippen molar-refractivity contribution in [2.24, 2.45) is 0 Å². The second kappa shape index (κ2) is 7.39. The first kappa shape index (κ1) is 16.4. The van der Waals surface area contributed by atoms with Gasteiger partial charge in [-0.05, 0) is 52.4 Å². The second-order valence-corrected chi connectivity index (χ2v) is 6.41. The van der Waals surface area contributed by atoms with Crippen LogP contribution in [0, 0.1) is 3.57 Å². The molecule has 5 nitrogen and oxygen atoms in total. The molecule has 0 saturated heterocycles. The Morgan fingerprint density at radius 1 is 1.04 bits per heavy atom. The molecule has 2 aromatic carbocycles. The molecule has 0 aliphatic carbocycles. The van der Waals surface area contributed by atoms with E-state index in [2.05, 4.69) is 33.0 Å². The van der Waals surface area contributed by atoms with Gasteiger partial charge in [-0.3, -0.25) is 9.59 Å². The molecule has 1 N–H and O–H groups in total. The molecule has 1 heterocycles. The van der Waals surface area contributed by atoms with Crippen LogP contribution in [0.2, 0.25) is 0 Å². The molecule has 0 unspecified atom stereocenters. The van der Waals surface area contributed by atoms with Gasteiger partial charge in [0.25, 0.3) is 11.5 Å². The van der Waals surface area contributed by atoms with Crippen molar-refractivity contribution in [3.63, 3.8) is 0 Å². The van der Waals surface area contributed by atoms with E-state index in [1.54, 1.807) is 6.07 Å². The van der Waals surface area contributed by atoms with E-state index >= 15 is 0 Å². The molecule has 3 rings (SSSR count). The number of nitrogens with one attached hydrogen (secondary N) is 1. The van der Waals surface area contributed by atoms with Gasteiger partial charge >= 0.3 is 0 Å². The van der Waals surface area contributed by atoms with E-state index in [9.17, 15) is 9.59 Å². The highest BCUT2D eigenvalue weighted by Crippen LogP contribution is 2.13. The monoisotopic (exact) mass is 431 g/mol. The molecule has 6 heteroatoms. The maximum atomic E-state index is 12.3. The Morgan fingerprint density at radius 2 is 1.83 bits per heavy atom. The summed E-state index contributed by atoms with van der Waals surface area (Å²) in [7, 11) is 0. The fourth-order valence-electron chi connectivity index (χ4n) is 2.20. The molecule has 120 valence electrons. The molecule has 1 aromatic heterocycles. The van der Waals surface area contributed by atoms with Crippen LogP contribution in [-0.2, 0) is 6.54 Å². The van der Waals surface area contributed by atoms with E-state index < -0.39 is 0 Å². The van der Waals surface area contributed by atoms with Crippen LogP contribution in [0.15, 0.2) is 71.5 Å². The minimum Gasteiger partial charge on any atom is -0.321 e. The van der Waals surface area contributed by atoms with Crippen LogP contribution in [-0.4, -0.2) is 15.7 Å². The molecule has 0 aliphatic heterocycles. The summed E-state index contributed by atoms with van der Waals surface area (Å²) in [5.41, 5.74) is 1.59. The third-order valence-corrected chi connectivity index (χ3v) is 4.03. The number of halogens is 1. The first-order valence-electron chi connectivity index (χ1n) is 7.31. The zero-order valence-corrected chi connectivity index (χ0v) is 14.8. The maximum Gasteiger partial charge on any atom is 0.276 e. The van der Waals surface area contributed by atoms with Crippen LogP contribution < -0.4 is 10.9 Å². The standard InChI is InChI=1S/C18H14IN3O2/c19-14-7-4-8-15(11-14)20-18(24)16-9-10-17(23)22(21-16)12-13-5-2-1-3-6-13/h1-11H,12H2,(H,20,24). The maximum absolute atomic E-state index is 12.3. The van der Waals surface area contributed by atoms with Gasteiger partial charge in [0.2, 0.25) is 0 Å². The first-order chi connectivity index (χ1) is 11.6. The van der Waals surface area contributed by atoms with Gasteiger partial charge in [-0.1, -0.05) is 36.4 Å². The van der Waals surface area contributed by atoms with Crippen molar-refractivity contribution in [1.82, 2.24) is 9.78 Å². The Kier molecular flexibility index (Phi) is 5.05. The van der Waals surface area contributed by atoms with Crippen LogP contribution in [0.25, 0.3) is 0 Å². The minimum absolute atomic E-state index is 0.199. The molecule has 24 heavy (non-hydrogen) atoms. The van der Waals surface area contributed by atoms with Crippen molar-refractivity contribution in [3.8, 4) is 0 Å². The van der Waals surface area contributed by atoms with Gasteiger partial charge in [0, 0.05) is 15.3 Å². The van der Waals surface area contributed by atoms with Gasteiger partial charge in [0.15, 0.2) is 0 Å². The average molecular weight is 431 g/mol. The molecule has 1 amide bonds. The predicted molar refractivity (Wildman–Crippen MR) is 101 cm³/mol. The van der Waals surface area contributed by atoms with E-state index in [0.717, 1.165) is 9.13 Å². The summed E-state index contributed by atoms with van der Waals surface area (Å²) in [5.74, 6) is -0.348. The number of nitrogens with zero attached hydrogens (tertiary/aromatic N) is 2. The third-order valence-electron chi connectivity index (χ3n) is 3.36. The van der Waals surface area contributed by atoms with Crippen LogP contribution in [0.1, 0.15) is 16.1 Å². The second-order valence-electron chi connectivity index (χ2n) is 5.16. The summed E-state index contributed by atoms with van der Waals surface area (Å²) in [6.45, 7) is 0.323. The largest absolute Gasteiger partial charge is 0.321 e. The van der Waals surface area contributed by atoms with Crippen LogP contribution in [0.4, 0.5) is 5.69 Å². The van der Waals surface area contributed by atoms with Gasteiger partial charge in [-0.15, -0.1) is 0 Å². The Labute approximate surface area is 152 Å². The Bertz CT molecular complexity index is 923. The Hall–Kier alpha value is -2.48. The predicted octanol–water partition coefficient (Wildman–Crippen LogP) is 3.15. The molecule has 0 radical (unpaired) electrons. The molecule has 0 fully saturated rings. The zero-order chi connectivity index (χ0) is 16.9. The summed E-state index contributed by atoms with van der Waals surface area (Å²) in [6, 6.07) is 19.8. The number of aromatic nitrogens is 2. The molecule has 0 atom stereocenters. The van der Waals surface area contributed by atoms with Crippen molar-refractivity contribution < 1.29 is 4.79 Å². The van der Waals surface area contributed by atoms with E-state index in [1.807, 2.05) is 48.5 Å². The Balaban J connectivity index is 1.82. The van der Waals surface area contributed by atoms with Gasteiger partial charge in [-0.25, -0.2) is 4.68 Å². The zero-order valence-electron chi connectivity index (χ0n) is 12.6. The van der Waals surface area contributed by atoms with Crippen molar-refractivity contribution in [2.75, 3.05) is 5.32 Å². The van der Waals surface area contributed by atoms with Crippen molar-refractivity contribution in [1.29, 1.82) is 0 Å².